The molecule has 18 heavy (non-hydrogen) atoms. The molecule has 0 N–H and O–H groups in total. The molecule has 1 aliphatic carbocycles. The maximum absolute atomic E-state index is 12.3. The summed E-state index contributed by atoms with van der Waals surface area (Å²) in [7, 11) is 1.51. The number of hydrogen-bond donors (Lipinski definition) is 0. The minimum Gasteiger partial charge on any atom is -0.438 e. The molecule has 0 amide bonds. The summed E-state index contributed by atoms with van der Waals surface area (Å²) in [5.74, 6) is -0.191. The van der Waals surface area contributed by atoms with Crippen molar-refractivity contribution >= 4 is 17.6 Å². The van der Waals surface area contributed by atoms with Gasteiger partial charge in [0.05, 0.1) is 5.41 Å². The van der Waals surface area contributed by atoms with Gasteiger partial charge in [0.2, 0.25) is 0 Å². The molecule has 0 aromatic heterocycles. The topological polar surface area (TPSA) is 35.5 Å². The minimum atomic E-state index is -0.511. The molecule has 1 saturated carbocycles. The van der Waals surface area contributed by atoms with Crippen LogP contribution in [0, 0.1) is 0 Å². The predicted octanol–water partition coefficient (Wildman–Crippen LogP) is 3.30. The summed E-state index contributed by atoms with van der Waals surface area (Å²) in [6, 6.07) is 7.48. The summed E-state index contributed by atoms with van der Waals surface area (Å²) in [5, 5.41) is 0.678. The second-order valence-electron chi connectivity index (χ2n) is 4.63. The second kappa shape index (κ2) is 5.72. The zero-order valence-corrected chi connectivity index (χ0v) is 11.2. The molecule has 0 saturated heterocycles. The lowest BCUT2D eigenvalue weighted by molar-refractivity contribution is -0.161. The number of ether oxygens (including phenoxy) is 2. The molecule has 0 heterocycles. The van der Waals surface area contributed by atoms with Crippen molar-refractivity contribution in [2.75, 3.05) is 13.9 Å². The summed E-state index contributed by atoms with van der Waals surface area (Å²) in [5.41, 5.74) is 0.480. The van der Waals surface area contributed by atoms with Crippen LogP contribution in [0.25, 0.3) is 0 Å². The van der Waals surface area contributed by atoms with Gasteiger partial charge < -0.3 is 9.47 Å². The summed E-state index contributed by atoms with van der Waals surface area (Å²) >= 11 is 5.89. The van der Waals surface area contributed by atoms with Gasteiger partial charge in [-0.05, 0) is 30.5 Å². The van der Waals surface area contributed by atoms with Crippen molar-refractivity contribution in [1.29, 1.82) is 0 Å². The van der Waals surface area contributed by atoms with Crippen molar-refractivity contribution in [3.63, 3.8) is 0 Å². The Bertz CT molecular complexity index is 408. The molecular formula is C14H17ClO3. The molecule has 0 radical (unpaired) electrons. The van der Waals surface area contributed by atoms with E-state index in [-0.39, 0.29) is 12.8 Å². The molecule has 2 rings (SSSR count). The Balaban J connectivity index is 2.26. The molecule has 0 atom stereocenters. The van der Waals surface area contributed by atoms with E-state index in [2.05, 4.69) is 0 Å². The van der Waals surface area contributed by atoms with Crippen LogP contribution in [-0.4, -0.2) is 19.9 Å². The average Bonchev–Trinajstić information content (AvgIpc) is 2.87. The molecular weight excluding hydrogens is 252 g/mol. The Morgan fingerprint density at radius 1 is 1.28 bits per heavy atom. The molecule has 0 unspecified atom stereocenters. The maximum Gasteiger partial charge on any atom is 0.318 e. The number of halogens is 1. The van der Waals surface area contributed by atoms with Crippen LogP contribution in [0.3, 0.4) is 0 Å². The first kappa shape index (κ1) is 13.4. The molecule has 3 nitrogen and oxygen atoms in total. The number of methoxy groups -OCH3 is 1. The zero-order valence-electron chi connectivity index (χ0n) is 10.4. The summed E-state index contributed by atoms with van der Waals surface area (Å²) in [4.78, 5) is 12.3. The van der Waals surface area contributed by atoms with Crippen LogP contribution in [0.15, 0.2) is 24.3 Å². The summed E-state index contributed by atoms with van der Waals surface area (Å²) in [6.07, 6.45) is 3.75. The van der Waals surface area contributed by atoms with Gasteiger partial charge >= 0.3 is 5.97 Å². The Kier molecular flexibility index (Phi) is 4.25. The van der Waals surface area contributed by atoms with Crippen molar-refractivity contribution in [3.05, 3.63) is 34.9 Å². The Labute approximate surface area is 112 Å². The number of rotatable bonds is 4. The Morgan fingerprint density at radius 2 is 1.89 bits per heavy atom. The zero-order chi connectivity index (χ0) is 13.0. The first-order chi connectivity index (χ1) is 8.69. The van der Waals surface area contributed by atoms with E-state index in [1.807, 2.05) is 24.3 Å². The third kappa shape index (κ3) is 2.52. The van der Waals surface area contributed by atoms with Crippen LogP contribution in [0.4, 0.5) is 0 Å². The highest BCUT2D eigenvalue weighted by Crippen LogP contribution is 2.42. The standard InChI is InChI=1S/C14H17ClO3/c1-17-10-18-13(16)14(8-2-3-9-14)11-4-6-12(15)7-5-11/h4-7H,2-3,8-10H2,1H3. The highest BCUT2D eigenvalue weighted by molar-refractivity contribution is 6.30. The molecule has 0 bridgehead atoms. The molecule has 98 valence electrons. The van der Waals surface area contributed by atoms with Gasteiger partial charge in [0.1, 0.15) is 0 Å². The normalized spacial score (nSPS) is 17.7. The van der Waals surface area contributed by atoms with Crippen LogP contribution in [0.2, 0.25) is 5.02 Å². The van der Waals surface area contributed by atoms with Crippen molar-refractivity contribution in [2.24, 2.45) is 0 Å². The smallest absolute Gasteiger partial charge is 0.318 e. The first-order valence-corrected chi connectivity index (χ1v) is 6.49. The summed E-state index contributed by atoms with van der Waals surface area (Å²) < 4.78 is 9.98. The van der Waals surface area contributed by atoms with Gasteiger partial charge in [0, 0.05) is 12.1 Å². The number of carbonyl (C=O) groups excluding carboxylic acids is 1. The van der Waals surface area contributed by atoms with Crippen LogP contribution >= 0.6 is 11.6 Å². The average molecular weight is 269 g/mol. The molecule has 1 aromatic rings. The first-order valence-electron chi connectivity index (χ1n) is 6.11. The van der Waals surface area contributed by atoms with Crippen molar-refractivity contribution in [2.45, 2.75) is 31.1 Å². The van der Waals surface area contributed by atoms with E-state index in [9.17, 15) is 4.79 Å². The van der Waals surface area contributed by atoms with Crippen LogP contribution < -0.4 is 0 Å². The minimum absolute atomic E-state index is 0.00811. The predicted molar refractivity (Wildman–Crippen MR) is 69.6 cm³/mol. The lowest BCUT2D eigenvalue weighted by Crippen LogP contribution is -2.35. The van der Waals surface area contributed by atoms with Gasteiger partial charge in [0.25, 0.3) is 0 Å². The fourth-order valence-electron chi connectivity index (χ4n) is 2.61. The quantitative estimate of drug-likeness (QED) is 0.621. The van der Waals surface area contributed by atoms with Gasteiger partial charge in [-0.15, -0.1) is 0 Å². The highest BCUT2D eigenvalue weighted by atomic mass is 35.5. The van der Waals surface area contributed by atoms with Gasteiger partial charge in [-0.2, -0.15) is 0 Å². The number of carbonyl (C=O) groups is 1. The molecule has 1 aromatic carbocycles. The molecule has 4 heteroatoms. The monoisotopic (exact) mass is 268 g/mol. The molecule has 0 aliphatic heterocycles. The molecule has 1 aliphatic rings. The van der Waals surface area contributed by atoms with E-state index >= 15 is 0 Å². The number of esters is 1. The maximum atomic E-state index is 12.3. The van der Waals surface area contributed by atoms with Gasteiger partial charge in [-0.25, -0.2) is 0 Å². The van der Waals surface area contributed by atoms with Gasteiger partial charge in [-0.3, -0.25) is 4.79 Å². The van der Waals surface area contributed by atoms with E-state index < -0.39 is 5.41 Å². The van der Waals surface area contributed by atoms with Crippen LogP contribution in [0.1, 0.15) is 31.2 Å². The van der Waals surface area contributed by atoms with E-state index in [0.29, 0.717) is 5.02 Å². The van der Waals surface area contributed by atoms with E-state index in [4.69, 9.17) is 21.1 Å². The largest absolute Gasteiger partial charge is 0.438 e. The molecule has 0 spiro atoms. The third-order valence-corrected chi connectivity index (χ3v) is 3.80. The lowest BCUT2D eigenvalue weighted by Gasteiger charge is -2.27. The number of hydrogen-bond acceptors (Lipinski definition) is 3. The second-order valence-corrected chi connectivity index (χ2v) is 5.07. The fourth-order valence-corrected chi connectivity index (χ4v) is 2.73. The summed E-state index contributed by atoms with van der Waals surface area (Å²) in [6.45, 7) is 0.00811. The van der Waals surface area contributed by atoms with Gasteiger partial charge in [-0.1, -0.05) is 36.6 Å². The van der Waals surface area contributed by atoms with Crippen molar-refractivity contribution in [1.82, 2.24) is 0 Å². The Hall–Kier alpha value is -1.06. The van der Waals surface area contributed by atoms with Crippen LogP contribution in [-0.2, 0) is 19.7 Å². The Morgan fingerprint density at radius 3 is 2.44 bits per heavy atom. The van der Waals surface area contributed by atoms with Crippen LogP contribution in [0.5, 0.6) is 0 Å². The SMILES string of the molecule is COCOC(=O)C1(c2ccc(Cl)cc2)CCCC1. The number of benzene rings is 1. The van der Waals surface area contributed by atoms with Crippen molar-refractivity contribution in [3.8, 4) is 0 Å². The van der Waals surface area contributed by atoms with Crippen molar-refractivity contribution < 1.29 is 14.3 Å². The van der Waals surface area contributed by atoms with E-state index in [1.165, 1.54) is 7.11 Å². The third-order valence-electron chi connectivity index (χ3n) is 3.55. The van der Waals surface area contributed by atoms with E-state index in [1.54, 1.807) is 0 Å². The highest BCUT2D eigenvalue weighted by Gasteiger charge is 2.44. The lowest BCUT2D eigenvalue weighted by atomic mass is 9.79. The van der Waals surface area contributed by atoms with Gasteiger partial charge in [0.15, 0.2) is 6.79 Å². The van der Waals surface area contributed by atoms with E-state index in [0.717, 1.165) is 31.2 Å². The molecule has 1 fully saturated rings. The fraction of sp³-hybridized carbons (Fsp3) is 0.500.